The third kappa shape index (κ3) is 6.44. The number of para-hydroxylation sites is 2. The Bertz CT molecular complexity index is 2050. The molecule has 0 atom stereocenters. The van der Waals surface area contributed by atoms with Crippen molar-refractivity contribution in [3.05, 3.63) is 150 Å². The topological polar surface area (TPSA) is 38.0 Å². The zero-order chi connectivity index (χ0) is 28.0. The monoisotopic (exact) mass is 630 g/mol. The second-order valence-corrected chi connectivity index (χ2v) is 12.5. The molecule has 0 amide bonds. The lowest BCUT2D eigenvalue weighted by atomic mass is 10.1. The second kappa shape index (κ2) is 12.6. The van der Waals surface area contributed by atoms with Crippen LogP contribution in [-0.2, 0) is 0 Å². The summed E-state index contributed by atoms with van der Waals surface area (Å²) in [5.41, 5.74) is 8.43. The molecule has 6 aromatic carbocycles. The molecule has 0 spiro atoms. The molecule has 0 bridgehead atoms. The summed E-state index contributed by atoms with van der Waals surface area (Å²) in [5.74, 6) is 0. The summed E-state index contributed by atoms with van der Waals surface area (Å²) in [4.78, 5) is 0. The Labute approximate surface area is 255 Å². The highest BCUT2D eigenvalue weighted by atomic mass is 79.9. The molecule has 0 saturated carbocycles. The first kappa shape index (κ1) is 27.0. The molecule has 0 aliphatic rings. The fraction of sp³-hybridized carbons (Fsp3) is 0. The Morgan fingerprint density at radius 2 is 0.927 bits per heavy atom. The highest BCUT2D eigenvalue weighted by Gasteiger charge is 2.05. The molecule has 200 valence electrons. The van der Waals surface area contributed by atoms with Crippen LogP contribution in [0.4, 0.5) is 17.1 Å². The molecule has 5 heteroatoms. The van der Waals surface area contributed by atoms with Crippen LogP contribution in [0.2, 0.25) is 0 Å². The second-order valence-electron chi connectivity index (χ2n) is 9.45. The maximum absolute atomic E-state index is 5.36. The van der Waals surface area contributed by atoms with Crippen LogP contribution >= 0.6 is 38.6 Å². The largest absolute Gasteiger partial charge is 0.399 e. The number of benzene rings is 6. The van der Waals surface area contributed by atoms with Gasteiger partial charge in [-0.1, -0.05) is 88.7 Å². The van der Waals surface area contributed by atoms with E-state index in [9.17, 15) is 0 Å². The van der Waals surface area contributed by atoms with Crippen LogP contribution in [0.5, 0.6) is 0 Å². The predicted octanol–water partition coefficient (Wildman–Crippen LogP) is 11.9. The fourth-order valence-corrected chi connectivity index (χ4v) is 7.18. The van der Waals surface area contributed by atoms with Crippen molar-refractivity contribution in [3.8, 4) is 0 Å². The van der Waals surface area contributed by atoms with Crippen molar-refractivity contribution in [2.24, 2.45) is 0 Å². The van der Waals surface area contributed by atoms with Crippen molar-refractivity contribution in [2.45, 2.75) is 0 Å². The summed E-state index contributed by atoms with van der Waals surface area (Å²) in [6, 6.07) is 49.9. The van der Waals surface area contributed by atoms with Gasteiger partial charge < -0.3 is 11.1 Å². The van der Waals surface area contributed by atoms with Crippen molar-refractivity contribution < 1.29 is 0 Å². The fourth-order valence-electron chi connectivity index (χ4n) is 4.64. The lowest BCUT2D eigenvalue weighted by Crippen LogP contribution is -1.88. The number of rotatable bonds is 2. The minimum Gasteiger partial charge on any atom is -0.399 e. The quantitative estimate of drug-likeness (QED) is 0.186. The first-order chi connectivity index (χ1) is 20.1. The maximum atomic E-state index is 5.36. The molecule has 0 radical (unpaired) electrons. The third-order valence-electron chi connectivity index (χ3n) is 6.58. The van der Waals surface area contributed by atoms with Gasteiger partial charge in [0.15, 0.2) is 0 Å². The van der Waals surface area contributed by atoms with Crippen molar-refractivity contribution in [1.29, 1.82) is 0 Å². The molecule has 8 rings (SSSR count). The van der Waals surface area contributed by atoms with E-state index in [2.05, 4.69) is 118 Å². The molecular formula is C36H27BrN2S2. The Balaban J connectivity index is 0.000000124. The van der Waals surface area contributed by atoms with E-state index >= 15 is 0 Å². The number of nitrogens with two attached hydrogens (primary N) is 1. The number of hydrogen-bond acceptors (Lipinski definition) is 4. The normalized spacial score (nSPS) is 10.7. The Hall–Kier alpha value is -4.16. The number of thiophene rings is 2. The smallest absolute Gasteiger partial charge is 0.0391 e. The third-order valence-corrected chi connectivity index (χ3v) is 9.37. The number of anilines is 3. The zero-order valence-corrected chi connectivity index (χ0v) is 25.3. The Kier molecular flexibility index (Phi) is 8.28. The van der Waals surface area contributed by atoms with Crippen molar-refractivity contribution >= 4 is 96.0 Å². The molecule has 2 nitrogen and oxygen atoms in total. The van der Waals surface area contributed by atoms with Gasteiger partial charge in [-0.2, -0.15) is 0 Å². The lowest BCUT2D eigenvalue weighted by molar-refractivity contribution is 1.57. The zero-order valence-electron chi connectivity index (χ0n) is 22.1. The maximum Gasteiger partial charge on any atom is 0.0391 e. The molecule has 3 N–H and O–H groups in total. The van der Waals surface area contributed by atoms with Crippen molar-refractivity contribution in [1.82, 2.24) is 0 Å². The standard InChI is InChI=1S/C18H13NS.C12H7BrS.C6H7N/c1-2-6-13(7-3-1)19-14-10-11-18-16(12-14)15-8-4-5-9-17(15)20-18;13-8-5-6-12-10(7-8)9-3-1-2-4-11(9)14-12;7-6-4-2-1-3-5-6/h1-12,19H;1-7H;1-5H,7H2. The van der Waals surface area contributed by atoms with Gasteiger partial charge in [-0.3, -0.25) is 0 Å². The van der Waals surface area contributed by atoms with Gasteiger partial charge in [0.05, 0.1) is 0 Å². The van der Waals surface area contributed by atoms with Crippen molar-refractivity contribution in [2.75, 3.05) is 11.1 Å². The van der Waals surface area contributed by atoms with E-state index in [4.69, 9.17) is 5.73 Å². The van der Waals surface area contributed by atoms with Gasteiger partial charge in [-0.25, -0.2) is 0 Å². The summed E-state index contributed by atoms with van der Waals surface area (Å²) in [7, 11) is 0. The molecule has 2 aromatic heterocycles. The summed E-state index contributed by atoms with van der Waals surface area (Å²) in [6.45, 7) is 0. The van der Waals surface area contributed by atoms with Gasteiger partial charge in [-0.15, -0.1) is 22.7 Å². The number of nitrogens with one attached hydrogen (secondary N) is 1. The van der Waals surface area contributed by atoms with Crippen LogP contribution in [0.1, 0.15) is 0 Å². The highest BCUT2D eigenvalue weighted by molar-refractivity contribution is 9.10. The minimum absolute atomic E-state index is 0.822. The van der Waals surface area contributed by atoms with Gasteiger partial charge >= 0.3 is 0 Å². The minimum atomic E-state index is 0.822. The molecule has 8 aromatic rings. The number of nitrogen functional groups attached to an aromatic ring is 1. The molecular weight excluding hydrogens is 604 g/mol. The molecule has 2 heterocycles. The highest BCUT2D eigenvalue weighted by Crippen LogP contribution is 2.36. The average Bonchev–Trinajstić information content (AvgIpc) is 3.57. The number of fused-ring (bicyclic) bond motifs is 6. The molecule has 0 unspecified atom stereocenters. The van der Waals surface area contributed by atoms with Gasteiger partial charge in [0.2, 0.25) is 0 Å². The first-order valence-corrected chi connectivity index (χ1v) is 15.7. The number of hydrogen-bond donors (Lipinski definition) is 2. The summed E-state index contributed by atoms with van der Waals surface area (Å²) < 4.78 is 6.55. The molecule has 0 fully saturated rings. The van der Waals surface area contributed by atoms with Gasteiger partial charge in [0, 0.05) is 61.9 Å². The van der Waals surface area contributed by atoms with E-state index in [-0.39, 0.29) is 0 Å². The first-order valence-electron chi connectivity index (χ1n) is 13.2. The van der Waals surface area contributed by atoms with E-state index in [0.717, 1.165) is 21.5 Å². The van der Waals surface area contributed by atoms with E-state index in [0.29, 0.717) is 0 Å². The van der Waals surface area contributed by atoms with E-state index in [1.165, 1.54) is 40.3 Å². The van der Waals surface area contributed by atoms with Gasteiger partial charge in [-0.05, 0) is 72.8 Å². The van der Waals surface area contributed by atoms with Gasteiger partial charge in [0.1, 0.15) is 0 Å². The Morgan fingerprint density at radius 1 is 0.439 bits per heavy atom. The van der Waals surface area contributed by atoms with Crippen LogP contribution in [-0.4, -0.2) is 0 Å². The summed E-state index contributed by atoms with van der Waals surface area (Å²) in [5, 5.41) is 8.82. The van der Waals surface area contributed by atoms with E-state index in [1.54, 1.807) is 0 Å². The molecule has 0 aliphatic carbocycles. The lowest BCUT2D eigenvalue weighted by Gasteiger charge is -2.06. The van der Waals surface area contributed by atoms with Gasteiger partial charge in [0.25, 0.3) is 0 Å². The van der Waals surface area contributed by atoms with E-state index in [1.807, 2.05) is 71.2 Å². The molecule has 41 heavy (non-hydrogen) atoms. The predicted molar refractivity (Wildman–Crippen MR) is 187 cm³/mol. The molecule has 0 aliphatic heterocycles. The SMILES string of the molecule is Brc1ccc2sc3ccccc3c2c1.Nc1ccccc1.c1ccc(Nc2ccc3sc4ccccc4c3c2)cc1. The van der Waals surface area contributed by atoms with Crippen LogP contribution in [0.3, 0.4) is 0 Å². The van der Waals surface area contributed by atoms with Crippen LogP contribution < -0.4 is 11.1 Å². The van der Waals surface area contributed by atoms with Crippen LogP contribution in [0, 0.1) is 0 Å². The molecule has 0 saturated heterocycles. The average molecular weight is 632 g/mol. The Morgan fingerprint density at radius 3 is 1.51 bits per heavy atom. The van der Waals surface area contributed by atoms with E-state index < -0.39 is 0 Å². The van der Waals surface area contributed by atoms with Crippen molar-refractivity contribution in [3.63, 3.8) is 0 Å². The summed E-state index contributed by atoms with van der Waals surface area (Å²) >= 11 is 7.21. The van der Waals surface area contributed by atoms with Crippen LogP contribution in [0.15, 0.2) is 150 Å². The number of halogens is 1. The summed E-state index contributed by atoms with van der Waals surface area (Å²) in [6.07, 6.45) is 0. The van der Waals surface area contributed by atoms with Crippen LogP contribution in [0.25, 0.3) is 40.3 Å².